The zero-order chi connectivity index (χ0) is 26.7. The van der Waals surface area contributed by atoms with Crippen LogP contribution in [0.25, 0.3) is 6.08 Å². The van der Waals surface area contributed by atoms with Crippen molar-refractivity contribution < 1.29 is 65.0 Å². The van der Waals surface area contributed by atoms with E-state index in [2.05, 4.69) is 5.32 Å². The summed E-state index contributed by atoms with van der Waals surface area (Å²) in [5.74, 6) is -5.63. The Morgan fingerprint density at radius 3 is 2.31 bits per heavy atom. The van der Waals surface area contributed by atoms with E-state index in [1.54, 1.807) is 0 Å². The largest absolute Gasteiger partial charge is 0.508 e. The molecule has 2 aromatic carbocycles. The van der Waals surface area contributed by atoms with Crippen molar-refractivity contribution in [3.63, 3.8) is 0 Å². The fourth-order valence-corrected chi connectivity index (χ4v) is 3.34. The molecule has 0 saturated carbocycles. The molecule has 1 amide bonds. The van der Waals surface area contributed by atoms with E-state index in [0.29, 0.717) is 0 Å². The highest BCUT2D eigenvalue weighted by molar-refractivity contribution is 6.07. The number of hydrogen-bond donors (Lipinski definition) is 10. The number of phenols is 4. The molecule has 14 heteroatoms. The molecule has 1 fully saturated rings. The number of aromatic carboxylic acids is 1. The maximum absolute atomic E-state index is 12.3. The molecule has 0 unspecified atom stereocenters. The van der Waals surface area contributed by atoms with Crippen LogP contribution in [0.3, 0.4) is 0 Å². The molecule has 0 bridgehead atoms. The minimum absolute atomic E-state index is 0.0634. The van der Waals surface area contributed by atoms with Crippen molar-refractivity contribution in [2.24, 2.45) is 0 Å². The van der Waals surface area contributed by atoms with Gasteiger partial charge in [-0.15, -0.1) is 0 Å². The average molecular weight is 509 g/mol. The first-order chi connectivity index (χ1) is 16.9. The molecule has 1 saturated heterocycles. The first kappa shape index (κ1) is 26.5. The van der Waals surface area contributed by atoms with Crippen LogP contribution in [-0.2, 0) is 9.53 Å². The number of benzene rings is 2. The van der Waals surface area contributed by atoms with Gasteiger partial charge in [0.05, 0.1) is 17.9 Å². The maximum atomic E-state index is 12.3. The lowest BCUT2D eigenvalue weighted by Gasteiger charge is -2.39. The van der Waals surface area contributed by atoms with Gasteiger partial charge in [0.2, 0.25) is 17.9 Å². The van der Waals surface area contributed by atoms with Gasteiger partial charge in [0.25, 0.3) is 0 Å². The lowest BCUT2D eigenvalue weighted by Crippen LogP contribution is -2.60. The van der Waals surface area contributed by atoms with Gasteiger partial charge in [-0.2, -0.15) is 0 Å². The van der Waals surface area contributed by atoms with Gasteiger partial charge in [-0.3, -0.25) is 4.79 Å². The summed E-state index contributed by atoms with van der Waals surface area (Å²) in [6, 6.07) is 3.79. The first-order valence-corrected chi connectivity index (χ1v) is 10.2. The molecule has 1 aliphatic heterocycles. The summed E-state index contributed by atoms with van der Waals surface area (Å²) in [5, 5.41) is 89.9. The Labute approximate surface area is 202 Å². The van der Waals surface area contributed by atoms with Gasteiger partial charge in [0.1, 0.15) is 35.9 Å². The minimum Gasteiger partial charge on any atom is -0.508 e. The van der Waals surface area contributed by atoms with Crippen LogP contribution in [0.1, 0.15) is 15.9 Å². The fraction of sp³-hybridized carbons (Fsp3) is 0.273. The van der Waals surface area contributed by atoms with E-state index in [4.69, 9.17) is 9.47 Å². The summed E-state index contributed by atoms with van der Waals surface area (Å²) in [4.78, 5) is 23.6. The number of anilines is 1. The number of aliphatic hydroxyl groups excluding tert-OH is 4. The van der Waals surface area contributed by atoms with Crippen LogP contribution in [0.4, 0.5) is 5.69 Å². The second kappa shape index (κ2) is 10.7. The monoisotopic (exact) mass is 509 g/mol. The van der Waals surface area contributed by atoms with Gasteiger partial charge < -0.3 is 60.7 Å². The maximum Gasteiger partial charge on any atom is 0.338 e. The van der Waals surface area contributed by atoms with Gasteiger partial charge in [0.15, 0.2) is 11.5 Å². The van der Waals surface area contributed by atoms with E-state index in [-0.39, 0.29) is 5.56 Å². The lowest BCUT2D eigenvalue weighted by molar-refractivity contribution is -0.277. The molecule has 3 rings (SSSR count). The van der Waals surface area contributed by atoms with Crippen molar-refractivity contribution in [1.82, 2.24) is 0 Å². The Balaban J connectivity index is 1.81. The van der Waals surface area contributed by atoms with Gasteiger partial charge >= 0.3 is 5.97 Å². The summed E-state index contributed by atoms with van der Waals surface area (Å²) >= 11 is 0. The van der Waals surface area contributed by atoms with Crippen molar-refractivity contribution in [2.45, 2.75) is 30.7 Å². The van der Waals surface area contributed by atoms with Crippen molar-refractivity contribution in [3.8, 4) is 28.7 Å². The van der Waals surface area contributed by atoms with E-state index in [9.17, 15) is 55.5 Å². The van der Waals surface area contributed by atoms with Gasteiger partial charge in [0, 0.05) is 12.1 Å². The smallest absolute Gasteiger partial charge is 0.338 e. The van der Waals surface area contributed by atoms with Crippen LogP contribution < -0.4 is 10.1 Å². The van der Waals surface area contributed by atoms with Crippen LogP contribution in [0.2, 0.25) is 0 Å². The molecule has 194 valence electrons. The summed E-state index contributed by atoms with van der Waals surface area (Å²) in [7, 11) is 0. The molecule has 0 spiro atoms. The number of ether oxygens (including phenoxy) is 2. The SMILES string of the molecule is O=C(/C=C/c1cc(O)c(O)c(O[C@@H]2O[C@H](CO)[C@@H](O)[C@H](O)[C@H]2O)c1)Nc1c(O)cc(O)cc1C(=O)O. The van der Waals surface area contributed by atoms with Crippen molar-refractivity contribution in [3.05, 3.63) is 41.5 Å². The molecular formula is C22H23NO13. The zero-order valence-corrected chi connectivity index (χ0v) is 18.2. The van der Waals surface area contributed by atoms with Crippen molar-refractivity contribution >= 4 is 23.6 Å². The molecule has 36 heavy (non-hydrogen) atoms. The molecule has 2 aromatic rings. The Bertz CT molecular complexity index is 1180. The fourth-order valence-electron chi connectivity index (χ4n) is 3.34. The molecule has 0 radical (unpaired) electrons. The number of amides is 1. The second-order valence-corrected chi connectivity index (χ2v) is 7.72. The molecule has 0 aliphatic carbocycles. The van der Waals surface area contributed by atoms with Crippen LogP contribution in [-0.4, -0.2) is 95.1 Å². The number of carbonyl (C=O) groups is 2. The van der Waals surface area contributed by atoms with Crippen LogP contribution in [0.5, 0.6) is 28.7 Å². The number of carboxylic acids is 1. The molecule has 5 atom stereocenters. The Morgan fingerprint density at radius 1 is 0.972 bits per heavy atom. The summed E-state index contributed by atoms with van der Waals surface area (Å²) in [6.45, 7) is -0.722. The molecule has 0 aromatic heterocycles. The first-order valence-electron chi connectivity index (χ1n) is 10.2. The van der Waals surface area contributed by atoms with Crippen molar-refractivity contribution in [1.29, 1.82) is 0 Å². The van der Waals surface area contributed by atoms with E-state index >= 15 is 0 Å². The third-order valence-electron chi connectivity index (χ3n) is 5.18. The Hall–Kier alpha value is -4.08. The number of hydrogen-bond acceptors (Lipinski definition) is 12. The number of carboxylic acid groups (broad SMARTS) is 1. The molecule has 10 N–H and O–H groups in total. The minimum atomic E-state index is -1.80. The molecule has 14 nitrogen and oxygen atoms in total. The second-order valence-electron chi connectivity index (χ2n) is 7.72. The van der Waals surface area contributed by atoms with E-state index in [0.717, 1.165) is 36.4 Å². The van der Waals surface area contributed by atoms with Crippen LogP contribution in [0.15, 0.2) is 30.3 Å². The third-order valence-corrected chi connectivity index (χ3v) is 5.18. The zero-order valence-electron chi connectivity index (χ0n) is 18.2. The predicted molar refractivity (Wildman–Crippen MR) is 119 cm³/mol. The number of aromatic hydroxyl groups is 4. The number of phenolic OH excluding ortho intramolecular Hbond substituents is 4. The highest BCUT2D eigenvalue weighted by Gasteiger charge is 2.45. The molecule has 1 heterocycles. The Morgan fingerprint density at radius 2 is 1.67 bits per heavy atom. The van der Waals surface area contributed by atoms with Gasteiger partial charge in [-0.05, 0) is 29.8 Å². The number of carbonyl (C=O) groups excluding carboxylic acids is 1. The third kappa shape index (κ3) is 5.59. The van der Waals surface area contributed by atoms with Gasteiger partial charge in [-0.25, -0.2) is 4.79 Å². The van der Waals surface area contributed by atoms with Crippen LogP contribution in [0, 0.1) is 0 Å². The van der Waals surface area contributed by atoms with Gasteiger partial charge in [-0.1, -0.05) is 0 Å². The molecular weight excluding hydrogens is 486 g/mol. The van der Waals surface area contributed by atoms with Crippen molar-refractivity contribution in [2.75, 3.05) is 11.9 Å². The number of rotatable bonds is 7. The lowest BCUT2D eigenvalue weighted by atomic mass is 9.99. The van der Waals surface area contributed by atoms with E-state index in [1.165, 1.54) is 0 Å². The normalized spacial score (nSPS) is 23.9. The van der Waals surface area contributed by atoms with Crippen LogP contribution >= 0.6 is 0 Å². The van der Waals surface area contributed by atoms with E-state index < -0.39 is 89.2 Å². The quantitative estimate of drug-likeness (QED) is 0.123. The average Bonchev–Trinajstić information content (AvgIpc) is 2.82. The predicted octanol–water partition coefficient (Wildman–Crippen LogP) is -0.962. The standard InChI is InChI=1S/C22H23NO13/c24-7-14-18(30)19(31)20(32)22(36-14)35-13-4-8(3-12(27)17(13)29)1-2-15(28)23-16-10(21(33)34)5-9(25)6-11(16)26/h1-6,14,18-20,22,24-27,29-32H,7H2,(H,23,28)(H,33,34)/b2-1+/t14-,18-,19+,20-,22-/m1/s1. The molecule has 1 aliphatic rings. The summed E-state index contributed by atoms with van der Waals surface area (Å²) in [6.07, 6.45) is -6.14. The number of aliphatic hydroxyl groups is 4. The highest BCUT2D eigenvalue weighted by atomic mass is 16.7. The van der Waals surface area contributed by atoms with E-state index in [1.807, 2.05) is 0 Å². The summed E-state index contributed by atoms with van der Waals surface area (Å²) in [5.41, 5.74) is -0.990. The topological polar surface area (TPSA) is 247 Å². The highest BCUT2D eigenvalue weighted by Crippen LogP contribution is 2.39. The number of nitrogens with one attached hydrogen (secondary N) is 1. The summed E-state index contributed by atoms with van der Waals surface area (Å²) < 4.78 is 10.5. The Kier molecular flexibility index (Phi) is 7.87.